The first-order valence-corrected chi connectivity index (χ1v) is 8.97. The molecule has 1 rings (SSSR count). The van der Waals surface area contributed by atoms with Gasteiger partial charge in [-0.05, 0) is 32.7 Å². The molecule has 0 aromatic heterocycles. The highest BCUT2D eigenvalue weighted by Gasteiger charge is 2.09. The lowest BCUT2D eigenvalue weighted by atomic mass is 10.2. The molecular formula is C18H31NO5. The summed E-state index contributed by atoms with van der Waals surface area (Å²) in [6, 6.07) is 0. The molecule has 1 heterocycles. The second-order valence-corrected chi connectivity index (χ2v) is 6.02. The highest BCUT2D eigenvalue weighted by Crippen LogP contribution is 2.04. The quantitative estimate of drug-likeness (QED) is 0.326. The number of carbonyl (C=O) groups excluding carboxylic acids is 2. The number of nitrogens with zero attached hydrogens (tertiary/aromatic N) is 1. The van der Waals surface area contributed by atoms with Gasteiger partial charge in [0.1, 0.15) is 0 Å². The molecule has 6 heteroatoms. The smallest absolute Gasteiger partial charge is 0.331 e. The molecule has 0 N–H and O–H groups in total. The van der Waals surface area contributed by atoms with Crippen LogP contribution in [0.4, 0.5) is 0 Å². The van der Waals surface area contributed by atoms with Crippen molar-refractivity contribution < 1.29 is 23.8 Å². The van der Waals surface area contributed by atoms with Crippen LogP contribution in [0.1, 0.15) is 46.0 Å². The van der Waals surface area contributed by atoms with Gasteiger partial charge in [0, 0.05) is 25.2 Å². The zero-order valence-electron chi connectivity index (χ0n) is 15.0. The maximum absolute atomic E-state index is 11.5. The Morgan fingerprint density at radius 2 is 1.75 bits per heavy atom. The van der Waals surface area contributed by atoms with Gasteiger partial charge in [-0.15, -0.1) is 0 Å². The van der Waals surface area contributed by atoms with Crippen LogP contribution in [-0.4, -0.2) is 62.4 Å². The van der Waals surface area contributed by atoms with Crippen molar-refractivity contribution in [3.63, 3.8) is 0 Å². The molecule has 0 spiro atoms. The summed E-state index contributed by atoms with van der Waals surface area (Å²) >= 11 is 0. The Morgan fingerprint density at radius 1 is 1.08 bits per heavy atom. The summed E-state index contributed by atoms with van der Waals surface area (Å²) in [4.78, 5) is 25.3. The molecule has 0 aromatic carbocycles. The van der Waals surface area contributed by atoms with Crippen LogP contribution in [0.3, 0.4) is 0 Å². The Morgan fingerprint density at radius 3 is 2.46 bits per heavy atom. The van der Waals surface area contributed by atoms with Crippen molar-refractivity contribution in [2.24, 2.45) is 0 Å². The van der Waals surface area contributed by atoms with Gasteiger partial charge in [-0.25, -0.2) is 9.59 Å². The highest BCUT2D eigenvalue weighted by molar-refractivity contribution is 5.91. The molecule has 1 fully saturated rings. The topological polar surface area (TPSA) is 65.1 Å². The molecule has 0 aromatic rings. The Kier molecular flexibility index (Phi) is 11.1. The molecule has 1 aliphatic heterocycles. The first-order valence-electron chi connectivity index (χ1n) is 8.97. The lowest BCUT2D eigenvalue weighted by molar-refractivity contribution is -0.143. The van der Waals surface area contributed by atoms with E-state index < -0.39 is 11.9 Å². The molecule has 0 amide bonds. The molecule has 1 unspecified atom stereocenters. The number of rotatable bonds is 11. The van der Waals surface area contributed by atoms with Crippen molar-refractivity contribution in [1.82, 2.24) is 4.90 Å². The van der Waals surface area contributed by atoms with E-state index in [1.165, 1.54) is 0 Å². The van der Waals surface area contributed by atoms with Gasteiger partial charge < -0.3 is 14.2 Å². The van der Waals surface area contributed by atoms with Gasteiger partial charge in [-0.2, -0.15) is 0 Å². The Hall–Kier alpha value is -1.40. The minimum Gasteiger partial charge on any atom is -0.463 e. The van der Waals surface area contributed by atoms with Gasteiger partial charge in [-0.1, -0.05) is 19.8 Å². The predicted molar refractivity (Wildman–Crippen MR) is 91.7 cm³/mol. The predicted octanol–water partition coefficient (Wildman–Crippen LogP) is 2.32. The molecule has 6 nitrogen and oxygen atoms in total. The van der Waals surface area contributed by atoms with Crippen LogP contribution < -0.4 is 0 Å². The summed E-state index contributed by atoms with van der Waals surface area (Å²) in [5.74, 6) is -1.01. The standard InChI is InChI=1S/C18H31NO5/c1-3-16(2)24-18(21)9-8-17(20)23-13-7-5-4-6-10-19-11-14-22-15-12-19/h8-9,16H,3-7,10-15H2,1-2H3/b9-8+. The van der Waals surface area contributed by atoms with Crippen molar-refractivity contribution in [3.05, 3.63) is 12.2 Å². The largest absolute Gasteiger partial charge is 0.463 e. The monoisotopic (exact) mass is 341 g/mol. The number of morpholine rings is 1. The molecule has 24 heavy (non-hydrogen) atoms. The number of ether oxygens (including phenoxy) is 3. The van der Waals surface area contributed by atoms with Crippen molar-refractivity contribution >= 4 is 11.9 Å². The first kappa shape index (κ1) is 20.6. The average molecular weight is 341 g/mol. The Bertz CT molecular complexity index is 391. The van der Waals surface area contributed by atoms with Gasteiger partial charge in [0.25, 0.3) is 0 Å². The maximum Gasteiger partial charge on any atom is 0.331 e. The van der Waals surface area contributed by atoms with Crippen LogP contribution in [0.2, 0.25) is 0 Å². The summed E-state index contributed by atoms with van der Waals surface area (Å²) in [6.07, 6.45) is 7.03. The van der Waals surface area contributed by atoms with Crippen LogP contribution in [-0.2, 0) is 23.8 Å². The Balaban J connectivity index is 1.96. The third kappa shape index (κ3) is 10.4. The normalized spacial score (nSPS) is 16.9. The second kappa shape index (κ2) is 13.0. The zero-order chi connectivity index (χ0) is 17.6. The molecule has 1 atom stereocenters. The number of esters is 2. The highest BCUT2D eigenvalue weighted by atomic mass is 16.5. The molecule has 0 saturated carbocycles. The zero-order valence-corrected chi connectivity index (χ0v) is 15.0. The molecule has 138 valence electrons. The Labute approximate surface area is 145 Å². The lowest BCUT2D eigenvalue weighted by Crippen LogP contribution is -2.36. The summed E-state index contributed by atoms with van der Waals surface area (Å²) in [7, 11) is 0. The van der Waals surface area contributed by atoms with E-state index in [-0.39, 0.29) is 6.10 Å². The number of unbranched alkanes of at least 4 members (excludes halogenated alkanes) is 3. The van der Waals surface area contributed by atoms with Crippen LogP contribution >= 0.6 is 0 Å². The fourth-order valence-corrected chi connectivity index (χ4v) is 2.29. The molecule has 1 saturated heterocycles. The van der Waals surface area contributed by atoms with Gasteiger partial charge in [0.15, 0.2) is 0 Å². The van der Waals surface area contributed by atoms with Gasteiger partial charge in [-0.3, -0.25) is 4.90 Å². The number of hydrogen-bond donors (Lipinski definition) is 0. The number of carbonyl (C=O) groups is 2. The summed E-state index contributed by atoms with van der Waals surface area (Å²) in [5.41, 5.74) is 0. The summed E-state index contributed by atoms with van der Waals surface area (Å²) in [6.45, 7) is 8.99. The third-order valence-electron chi connectivity index (χ3n) is 3.96. The molecule has 0 radical (unpaired) electrons. The van der Waals surface area contributed by atoms with Crippen LogP contribution in [0.25, 0.3) is 0 Å². The van der Waals surface area contributed by atoms with Crippen LogP contribution in [0.5, 0.6) is 0 Å². The van der Waals surface area contributed by atoms with E-state index in [9.17, 15) is 9.59 Å². The fraction of sp³-hybridized carbons (Fsp3) is 0.778. The van der Waals surface area contributed by atoms with Crippen molar-refractivity contribution in [3.8, 4) is 0 Å². The van der Waals surface area contributed by atoms with Crippen molar-refractivity contribution in [2.45, 2.75) is 52.1 Å². The van der Waals surface area contributed by atoms with Crippen LogP contribution in [0.15, 0.2) is 12.2 Å². The van der Waals surface area contributed by atoms with E-state index in [4.69, 9.17) is 14.2 Å². The molecule has 1 aliphatic rings. The molecule has 0 bridgehead atoms. The van der Waals surface area contributed by atoms with E-state index in [2.05, 4.69) is 4.90 Å². The number of hydrogen-bond acceptors (Lipinski definition) is 6. The van der Waals surface area contributed by atoms with Gasteiger partial charge >= 0.3 is 11.9 Å². The third-order valence-corrected chi connectivity index (χ3v) is 3.96. The average Bonchev–Trinajstić information content (AvgIpc) is 2.60. The SMILES string of the molecule is CCC(C)OC(=O)/C=C/C(=O)OCCCCCCN1CCOCC1. The van der Waals surface area contributed by atoms with Crippen molar-refractivity contribution in [1.29, 1.82) is 0 Å². The van der Waals surface area contributed by atoms with Gasteiger partial charge in [0.05, 0.1) is 25.9 Å². The van der Waals surface area contributed by atoms with E-state index in [1.54, 1.807) is 0 Å². The van der Waals surface area contributed by atoms with E-state index in [1.807, 2.05) is 13.8 Å². The van der Waals surface area contributed by atoms with Crippen LogP contribution in [0, 0.1) is 0 Å². The molecular weight excluding hydrogens is 310 g/mol. The van der Waals surface area contributed by atoms with Crippen molar-refractivity contribution in [2.75, 3.05) is 39.5 Å². The fourth-order valence-electron chi connectivity index (χ4n) is 2.29. The summed E-state index contributed by atoms with van der Waals surface area (Å²) in [5, 5.41) is 0. The van der Waals surface area contributed by atoms with E-state index >= 15 is 0 Å². The maximum atomic E-state index is 11.5. The molecule has 0 aliphatic carbocycles. The minimum absolute atomic E-state index is 0.143. The first-order chi connectivity index (χ1) is 11.6. The van der Waals surface area contributed by atoms with E-state index in [0.717, 1.165) is 77.1 Å². The lowest BCUT2D eigenvalue weighted by Gasteiger charge is -2.26. The van der Waals surface area contributed by atoms with E-state index in [0.29, 0.717) is 6.61 Å². The minimum atomic E-state index is -0.510. The summed E-state index contributed by atoms with van der Waals surface area (Å²) < 4.78 is 15.4. The van der Waals surface area contributed by atoms with Gasteiger partial charge in [0.2, 0.25) is 0 Å². The second-order valence-electron chi connectivity index (χ2n) is 6.02.